The van der Waals surface area contributed by atoms with Crippen LogP contribution in [0.3, 0.4) is 0 Å². The van der Waals surface area contributed by atoms with Crippen molar-refractivity contribution >= 4 is 11.9 Å². The normalized spacial score (nSPS) is 14.0. The number of rotatable bonds is 5. The van der Waals surface area contributed by atoms with Crippen LogP contribution in [0.4, 0.5) is 4.39 Å². The zero-order chi connectivity index (χ0) is 23.1. The molecule has 0 aliphatic rings. The molecule has 7 heteroatoms. The van der Waals surface area contributed by atoms with Gasteiger partial charge in [-0.15, -0.1) is 0 Å². The molecule has 2 atom stereocenters. The lowest BCUT2D eigenvalue weighted by Gasteiger charge is -2.26. The van der Waals surface area contributed by atoms with Gasteiger partial charge in [-0.05, 0) is 51.3 Å². The van der Waals surface area contributed by atoms with Crippen molar-refractivity contribution in [3.05, 3.63) is 59.9 Å². The standard InChI is InChI=1S/C15H13FO2.C8H17NO3/c1-10(15(17)18)12-7-8-13(14(16)9-12)11-5-3-2-4-6-11;1-5-8(9,11)6(10)12-7(2,3)4/h2-10H,1H3,(H,17,18);11H,5,9H2,1-4H3. The van der Waals surface area contributed by atoms with Crippen LogP contribution in [0, 0.1) is 5.82 Å². The smallest absolute Gasteiger partial charge is 0.353 e. The maximum atomic E-state index is 14.0. The molecule has 0 saturated carbocycles. The number of carboxylic acid groups (broad SMARTS) is 1. The molecular weight excluding hydrogens is 389 g/mol. The second-order valence-electron chi connectivity index (χ2n) is 7.94. The highest BCUT2D eigenvalue weighted by molar-refractivity contribution is 5.78. The molecule has 2 aromatic rings. The SMILES string of the molecule is CC(C(=O)O)c1ccc(-c2ccccc2)c(F)c1.CCC(N)(O)C(=O)OC(C)(C)C. The Hall–Kier alpha value is -2.77. The van der Waals surface area contributed by atoms with Gasteiger partial charge in [0.1, 0.15) is 11.4 Å². The number of benzene rings is 2. The third-order valence-corrected chi connectivity index (χ3v) is 4.24. The van der Waals surface area contributed by atoms with Crippen LogP contribution in [0.15, 0.2) is 48.5 Å². The molecule has 30 heavy (non-hydrogen) atoms. The molecule has 164 valence electrons. The van der Waals surface area contributed by atoms with Crippen molar-refractivity contribution in [1.82, 2.24) is 0 Å². The second kappa shape index (κ2) is 10.3. The van der Waals surface area contributed by atoms with Gasteiger partial charge in [0.05, 0.1) is 5.92 Å². The van der Waals surface area contributed by atoms with Crippen LogP contribution in [-0.4, -0.2) is 33.5 Å². The summed E-state index contributed by atoms with van der Waals surface area (Å²) in [5, 5.41) is 18.1. The van der Waals surface area contributed by atoms with Gasteiger partial charge < -0.3 is 14.9 Å². The number of hydrogen-bond acceptors (Lipinski definition) is 5. The fourth-order valence-electron chi connectivity index (χ4n) is 2.31. The number of aliphatic carboxylic acids is 1. The Bertz CT molecular complexity index is 860. The lowest BCUT2D eigenvalue weighted by atomic mass is 9.97. The molecule has 0 radical (unpaired) electrons. The maximum Gasteiger partial charge on any atom is 0.353 e. The molecule has 0 spiro atoms. The van der Waals surface area contributed by atoms with Crippen molar-refractivity contribution in [2.75, 3.05) is 0 Å². The van der Waals surface area contributed by atoms with E-state index < -0.39 is 35.0 Å². The molecule has 2 unspecified atom stereocenters. The van der Waals surface area contributed by atoms with Crippen molar-refractivity contribution in [3.63, 3.8) is 0 Å². The molecule has 0 amide bonds. The molecule has 4 N–H and O–H groups in total. The van der Waals surface area contributed by atoms with Gasteiger partial charge in [-0.2, -0.15) is 0 Å². The molecule has 0 aliphatic heterocycles. The lowest BCUT2D eigenvalue weighted by Crippen LogP contribution is -2.50. The number of carbonyl (C=O) groups is 2. The summed E-state index contributed by atoms with van der Waals surface area (Å²) in [6.07, 6.45) is 0.141. The lowest BCUT2D eigenvalue weighted by molar-refractivity contribution is -0.177. The molecular formula is C23H30FNO5. The quantitative estimate of drug-likeness (QED) is 0.498. The molecule has 2 rings (SSSR count). The van der Waals surface area contributed by atoms with E-state index >= 15 is 0 Å². The Balaban J connectivity index is 0.000000329. The highest BCUT2D eigenvalue weighted by Crippen LogP contribution is 2.26. The van der Waals surface area contributed by atoms with E-state index in [1.165, 1.54) is 6.07 Å². The Morgan fingerprint density at radius 2 is 1.70 bits per heavy atom. The van der Waals surface area contributed by atoms with Gasteiger partial charge in [0.25, 0.3) is 0 Å². The van der Waals surface area contributed by atoms with Crippen molar-refractivity contribution in [3.8, 4) is 11.1 Å². The number of ether oxygens (including phenoxy) is 1. The van der Waals surface area contributed by atoms with E-state index in [2.05, 4.69) is 0 Å². The van der Waals surface area contributed by atoms with Crippen LogP contribution in [0.2, 0.25) is 0 Å². The third kappa shape index (κ3) is 7.57. The highest BCUT2D eigenvalue weighted by atomic mass is 19.1. The van der Waals surface area contributed by atoms with Gasteiger partial charge >= 0.3 is 11.9 Å². The first-order valence-electron chi connectivity index (χ1n) is 9.61. The second-order valence-corrected chi connectivity index (χ2v) is 7.94. The van der Waals surface area contributed by atoms with Gasteiger partial charge in [0.2, 0.25) is 5.72 Å². The third-order valence-electron chi connectivity index (χ3n) is 4.24. The first-order valence-corrected chi connectivity index (χ1v) is 9.61. The molecule has 0 aliphatic carbocycles. The van der Waals surface area contributed by atoms with Crippen LogP contribution in [0.5, 0.6) is 0 Å². The monoisotopic (exact) mass is 419 g/mol. The number of aliphatic hydroxyl groups is 1. The maximum absolute atomic E-state index is 14.0. The first kappa shape index (κ1) is 25.3. The fraction of sp³-hybridized carbons (Fsp3) is 0.391. The Labute approximate surface area is 176 Å². The molecule has 0 aromatic heterocycles. The van der Waals surface area contributed by atoms with Gasteiger partial charge in [0.15, 0.2) is 0 Å². The van der Waals surface area contributed by atoms with Crippen molar-refractivity contribution in [2.45, 2.75) is 58.3 Å². The number of nitrogens with two attached hydrogens (primary N) is 1. The molecule has 6 nitrogen and oxygen atoms in total. The molecule has 0 fully saturated rings. The van der Waals surface area contributed by atoms with Crippen LogP contribution in [0.25, 0.3) is 11.1 Å². The van der Waals surface area contributed by atoms with E-state index in [1.54, 1.807) is 46.8 Å². The predicted octanol–water partition coefficient (Wildman–Crippen LogP) is 4.07. The van der Waals surface area contributed by atoms with Crippen LogP contribution in [-0.2, 0) is 14.3 Å². The summed E-state index contributed by atoms with van der Waals surface area (Å²) in [4.78, 5) is 22.0. The predicted molar refractivity (Wildman–Crippen MR) is 113 cm³/mol. The average Bonchev–Trinajstić information content (AvgIpc) is 2.67. The Kier molecular flexibility index (Phi) is 8.69. The highest BCUT2D eigenvalue weighted by Gasteiger charge is 2.33. The summed E-state index contributed by atoms with van der Waals surface area (Å²) >= 11 is 0. The summed E-state index contributed by atoms with van der Waals surface area (Å²) in [5.41, 5.74) is 4.52. The number of halogens is 1. The Morgan fingerprint density at radius 3 is 2.13 bits per heavy atom. The van der Waals surface area contributed by atoms with E-state index in [4.69, 9.17) is 15.6 Å². The molecule has 0 saturated heterocycles. The Morgan fingerprint density at radius 1 is 1.13 bits per heavy atom. The molecule has 0 bridgehead atoms. The minimum atomic E-state index is -1.85. The van der Waals surface area contributed by atoms with Gasteiger partial charge in [-0.3, -0.25) is 10.5 Å². The summed E-state index contributed by atoms with van der Waals surface area (Å²) in [5.74, 6) is -2.84. The number of hydrogen-bond donors (Lipinski definition) is 3. The van der Waals surface area contributed by atoms with Crippen LogP contribution < -0.4 is 5.73 Å². The van der Waals surface area contributed by atoms with Gasteiger partial charge in [0, 0.05) is 5.56 Å². The first-order chi connectivity index (χ1) is 13.8. The topological polar surface area (TPSA) is 110 Å². The summed E-state index contributed by atoms with van der Waals surface area (Å²) < 4.78 is 18.8. The van der Waals surface area contributed by atoms with Crippen molar-refractivity contribution < 1.29 is 28.9 Å². The number of carbonyl (C=O) groups excluding carboxylic acids is 1. The average molecular weight is 419 g/mol. The zero-order valence-corrected chi connectivity index (χ0v) is 18.0. The minimum Gasteiger partial charge on any atom is -0.481 e. The zero-order valence-electron chi connectivity index (χ0n) is 18.0. The minimum absolute atomic E-state index is 0.141. The van der Waals surface area contributed by atoms with E-state index in [-0.39, 0.29) is 6.42 Å². The van der Waals surface area contributed by atoms with Crippen molar-refractivity contribution in [1.29, 1.82) is 0 Å². The van der Waals surface area contributed by atoms with E-state index in [9.17, 15) is 19.1 Å². The van der Waals surface area contributed by atoms with Gasteiger partial charge in [-0.25, -0.2) is 9.18 Å². The van der Waals surface area contributed by atoms with E-state index in [0.717, 1.165) is 5.56 Å². The van der Waals surface area contributed by atoms with E-state index in [1.807, 2.05) is 30.3 Å². The largest absolute Gasteiger partial charge is 0.481 e. The van der Waals surface area contributed by atoms with Crippen LogP contribution >= 0.6 is 0 Å². The number of esters is 1. The summed E-state index contributed by atoms with van der Waals surface area (Å²) in [6.45, 7) is 8.31. The van der Waals surface area contributed by atoms with Crippen LogP contribution in [0.1, 0.15) is 52.5 Å². The van der Waals surface area contributed by atoms with Gasteiger partial charge in [-0.1, -0.05) is 49.4 Å². The summed E-state index contributed by atoms with van der Waals surface area (Å²) in [6, 6.07) is 13.7. The van der Waals surface area contributed by atoms with Crippen molar-refractivity contribution in [2.24, 2.45) is 5.73 Å². The fourth-order valence-corrected chi connectivity index (χ4v) is 2.31. The number of carboxylic acids is 1. The van der Waals surface area contributed by atoms with E-state index in [0.29, 0.717) is 11.1 Å². The summed E-state index contributed by atoms with van der Waals surface area (Å²) in [7, 11) is 0. The molecule has 0 heterocycles. The molecule has 2 aromatic carbocycles.